The third-order valence-corrected chi connectivity index (χ3v) is 4.95. The summed E-state index contributed by atoms with van der Waals surface area (Å²) >= 11 is 1.66. The molecule has 0 bridgehead atoms. The number of benzene rings is 1. The van der Waals surface area contributed by atoms with Crippen molar-refractivity contribution in [3.05, 3.63) is 75.7 Å². The molecule has 0 unspecified atom stereocenters. The lowest BCUT2D eigenvalue weighted by Crippen LogP contribution is -2.23. The van der Waals surface area contributed by atoms with Crippen LogP contribution in [0, 0.1) is 13.8 Å². The van der Waals surface area contributed by atoms with Crippen molar-refractivity contribution >= 4 is 23.3 Å². The van der Waals surface area contributed by atoms with Crippen LogP contribution >= 0.6 is 11.3 Å². The predicted molar refractivity (Wildman–Crippen MR) is 103 cm³/mol. The van der Waals surface area contributed by atoms with E-state index in [-0.39, 0.29) is 5.91 Å². The van der Waals surface area contributed by atoms with E-state index in [9.17, 15) is 4.79 Å². The largest absolute Gasteiger partial charge is 0.337 e. The summed E-state index contributed by atoms with van der Waals surface area (Å²) in [5.41, 5.74) is 3.94. The number of aryl methyl sites for hydroxylation is 1. The maximum absolute atomic E-state index is 12.4. The molecule has 0 saturated carbocycles. The SMILES string of the molecule is Cc1nn(-c2ccccc2)c(C)c1/C=C/C(=O)N(C)Cc1cccs1. The Morgan fingerprint density at radius 2 is 1.96 bits per heavy atom. The van der Waals surface area contributed by atoms with Gasteiger partial charge in [0.1, 0.15) is 0 Å². The zero-order chi connectivity index (χ0) is 17.8. The van der Waals surface area contributed by atoms with E-state index in [0.717, 1.165) is 22.6 Å². The summed E-state index contributed by atoms with van der Waals surface area (Å²) in [4.78, 5) is 15.2. The minimum absolute atomic E-state index is 0.0142. The second-order valence-electron chi connectivity index (χ2n) is 5.94. The molecule has 0 spiro atoms. The van der Waals surface area contributed by atoms with Crippen molar-refractivity contribution < 1.29 is 4.79 Å². The molecule has 1 amide bonds. The number of amides is 1. The number of hydrogen-bond acceptors (Lipinski definition) is 3. The second kappa shape index (κ2) is 7.49. The van der Waals surface area contributed by atoms with Crippen LogP contribution in [0.1, 0.15) is 21.8 Å². The highest BCUT2D eigenvalue weighted by molar-refractivity contribution is 7.09. The number of aromatic nitrogens is 2. The van der Waals surface area contributed by atoms with Gasteiger partial charge in [0, 0.05) is 29.3 Å². The third-order valence-electron chi connectivity index (χ3n) is 4.09. The second-order valence-corrected chi connectivity index (χ2v) is 6.97. The van der Waals surface area contributed by atoms with Gasteiger partial charge in [0.25, 0.3) is 0 Å². The molecule has 25 heavy (non-hydrogen) atoms. The summed E-state index contributed by atoms with van der Waals surface area (Å²) in [7, 11) is 1.82. The van der Waals surface area contributed by atoms with Crippen LogP contribution in [0.25, 0.3) is 11.8 Å². The van der Waals surface area contributed by atoms with Gasteiger partial charge in [-0.15, -0.1) is 11.3 Å². The van der Waals surface area contributed by atoms with E-state index in [4.69, 9.17) is 0 Å². The average Bonchev–Trinajstić information content (AvgIpc) is 3.22. The van der Waals surface area contributed by atoms with Gasteiger partial charge in [-0.3, -0.25) is 4.79 Å². The predicted octanol–water partition coefficient (Wildman–Crippen LogP) is 4.22. The molecule has 0 saturated heterocycles. The fourth-order valence-corrected chi connectivity index (χ4v) is 3.47. The molecular formula is C20H21N3OS. The van der Waals surface area contributed by atoms with Gasteiger partial charge in [-0.1, -0.05) is 24.3 Å². The Bertz CT molecular complexity index is 879. The first-order valence-electron chi connectivity index (χ1n) is 8.13. The molecule has 0 aliphatic heterocycles. The molecule has 0 aliphatic carbocycles. The van der Waals surface area contributed by atoms with Gasteiger partial charge in [0.05, 0.1) is 17.9 Å². The number of thiophene rings is 1. The lowest BCUT2D eigenvalue weighted by molar-refractivity contribution is -0.125. The maximum Gasteiger partial charge on any atom is 0.246 e. The summed E-state index contributed by atoms with van der Waals surface area (Å²) in [6.07, 6.45) is 3.49. The fourth-order valence-electron chi connectivity index (χ4n) is 2.71. The van der Waals surface area contributed by atoms with Crippen LogP contribution < -0.4 is 0 Å². The molecule has 0 fully saturated rings. The Kier molecular flexibility index (Phi) is 5.14. The first-order chi connectivity index (χ1) is 12.1. The van der Waals surface area contributed by atoms with Crippen molar-refractivity contribution in [1.29, 1.82) is 0 Å². The van der Waals surface area contributed by atoms with Crippen LogP contribution in [-0.4, -0.2) is 27.6 Å². The molecule has 5 heteroatoms. The highest BCUT2D eigenvalue weighted by atomic mass is 32.1. The smallest absolute Gasteiger partial charge is 0.246 e. The van der Waals surface area contributed by atoms with Gasteiger partial charge in [0.15, 0.2) is 0 Å². The van der Waals surface area contributed by atoms with Crippen LogP contribution in [0.4, 0.5) is 0 Å². The molecule has 0 atom stereocenters. The normalized spacial score (nSPS) is 11.2. The number of carbonyl (C=O) groups is 1. The lowest BCUT2D eigenvalue weighted by Gasteiger charge is -2.13. The maximum atomic E-state index is 12.4. The highest BCUT2D eigenvalue weighted by Gasteiger charge is 2.12. The molecule has 4 nitrogen and oxygen atoms in total. The minimum atomic E-state index is -0.0142. The molecule has 0 radical (unpaired) electrons. The van der Waals surface area contributed by atoms with Crippen molar-refractivity contribution in [3.63, 3.8) is 0 Å². The Morgan fingerprint density at radius 3 is 2.64 bits per heavy atom. The first kappa shape index (κ1) is 17.2. The van der Waals surface area contributed by atoms with E-state index in [1.165, 1.54) is 4.88 Å². The molecule has 2 heterocycles. The van der Waals surface area contributed by atoms with Gasteiger partial charge in [-0.2, -0.15) is 5.10 Å². The third kappa shape index (κ3) is 3.88. The summed E-state index contributed by atoms with van der Waals surface area (Å²) in [6, 6.07) is 14.0. The molecule has 2 aromatic heterocycles. The summed E-state index contributed by atoms with van der Waals surface area (Å²) in [5.74, 6) is -0.0142. The van der Waals surface area contributed by atoms with E-state index in [2.05, 4.69) is 5.10 Å². The van der Waals surface area contributed by atoms with Crippen LogP contribution in [0.3, 0.4) is 0 Å². The standard InChI is InChI=1S/C20H21N3OS/c1-15-19(16(2)23(21-15)17-8-5-4-6-9-17)11-12-20(24)22(3)14-18-10-7-13-25-18/h4-13H,14H2,1-3H3/b12-11+. The Hall–Kier alpha value is -2.66. The van der Waals surface area contributed by atoms with E-state index in [0.29, 0.717) is 6.54 Å². The summed E-state index contributed by atoms with van der Waals surface area (Å²) < 4.78 is 1.91. The highest BCUT2D eigenvalue weighted by Crippen LogP contribution is 2.19. The van der Waals surface area contributed by atoms with Crippen LogP contribution in [0.15, 0.2) is 53.9 Å². The van der Waals surface area contributed by atoms with Crippen molar-refractivity contribution in [2.75, 3.05) is 7.05 Å². The van der Waals surface area contributed by atoms with Crippen LogP contribution in [-0.2, 0) is 11.3 Å². The molecule has 128 valence electrons. The quantitative estimate of drug-likeness (QED) is 0.646. The number of likely N-dealkylation sites (N-methyl/N-ethyl adjacent to an activating group) is 1. The Balaban J connectivity index is 1.77. The monoisotopic (exact) mass is 351 g/mol. The average molecular weight is 351 g/mol. The van der Waals surface area contributed by atoms with Crippen LogP contribution in [0.2, 0.25) is 0 Å². The molecular weight excluding hydrogens is 330 g/mol. The van der Waals surface area contributed by atoms with Crippen LogP contribution in [0.5, 0.6) is 0 Å². The molecule has 1 aromatic carbocycles. The lowest BCUT2D eigenvalue weighted by atomic mass is 10.2. The van der Waals surface area contributed by atoms with Crippen molar-refractivity contribution in [2.45, 2.75) is 20.4 Å². The first-order valence-corrected chi connectivity index (χ1v) is 9.01. The molecule has 0 aliphatic rings. The van der Waals surface area contributed by atoms with Crippen molar-refractivity contribution in [3.8, 4) is 5.69 Å². The number of hydrogen-bond donors (Lipinski definition) is 0. The van der Waals surface area contributed by atoms with Crippen molar-refractivity contribution in [2.24, 2.45) is 0 Å². The molecule has 3 rings (SSSR count). The topological polar surface area (TPSA) is 38.1 Å². The van der Waals surface area contributed by atoms with Gasteiger partial charge < -0.3 is 4.90 Å². The number of rotatable bonds is 5. The number of nitrogens with zero attached hydrogens (tertiary/aromatic N) is 3. The zero-order valence-electron chi connectivity index (χ0n) is 14.6. The Labute approximate surface area is 152 Å². The number of carbonyl (C=O) groups excluding carboxylic acids is 1. The summed E-state index contributed by atoms with van der Waals surface area (Å²) in [5, 5.41) is 6.63. The van der Waals surface area contributed by atoms with Crippen molar-refractivity contribution in [1.82, 2.24) is 14.7 Å². The Morgan fingerprint density at radius 1 is 1.20 bits per heavy atom. The van der Waals surface area contributed by atoms with E-state index in [1.807, 2.05) is 79.5 Å². The fraction of sp³-hybridized carbons (Fsp3) is 0.200. The van der Waals surface area contributed by atoms with E-state index < -0.39 is 0 Å². The summed E-state index contributed by atoms with van der Waals surface area (Å²) in [6.45, 7) is 4.61. The van der Waals surface area contributed by atoms with Gasteiger partial charge in [-0.25, -0.2) is 4.68 Å². The van der Waals surface area contributed by atoms with Gasteiger partial charge in [-0.05, 0) is 43.5 Å². The molecule has 3 aromatic rings. The zero-order valence-corrected chi connectivity index (χ0v) is 15.5. The van der Waals surface area contributed by atoms with E-state index in [1.54, 1.807) is 22.3 Å². The van der Waals surface area contributed by atoms with Gasteiger partial charge in [0.2, 0.25) is 5.91 Å². The van der Waals surface area contributed by atoms with E-state index >= 15 is 0 Å². The number of para-hydroxylation sites is 1. The van der Waals surface area contributed by atoms with Gasteiger partial charge >= 0.3 is 0 Å². The molecule has 0 N–H and O–H groups in total. The minimum Gasteiger partial charge on any atom is -0.337 e.